The van der Waals surface area contributed by atoms with Crippen LogP contribution in [-0.2, 0) is 19.6 Å². The number of anilines is 3. The van der Waals surface area contributed by atoms with Crippen molar-refractivity contribution < 1.29 is 22.7 Å². The number of hydrogen-bond acceptors (Lipinski definition) is 5. The van der Waals surface area contributed by atoms with Crippen molar-refractivity contribution in [3.8, 4) is 5.75 Å². The van der Waals surface area contributed by atoms with Gasteiger partial charge in [-0.3, -0.25) is 14.3 Å². The van der Waals surface area contributed by atoms with Crippen LogP contribution in [0.1, 0.15) is 18.9 Å². The monoisotopic (exact) mass is 493 g/mol. The molecule has 35 heavy (non-hydrogen) atoms. The summed E-state index contributed by atoms with van der Waals surface area (Å²) >= 11 is 0. The van der Waals surface area contributed by atoms with E-state index in [4.69, 9.17) is 4.74 Å². The maximum atomic E-state index is 13.0. The van der Waals surface area contributed by atoms with E-state index in [1.54, 1.807) is 60.4 Å². The van der Waals surface area contributed by atoms with Crippen LogP contribution in [0.15, 0.2) is 77.7 Å². The zero-order chi connectivity index (χ0) is 25.0. The normalized spacial score (nSPS) is 15.7. The van der Waals surface area contributed by atoms with Crippen molar-refractivity contribution in [2.75, 3.05) is 28.1 Å². The fourth-order valence-electron chi connectivity index (χ4n) is 3.93. The van der Waals surface area contributed by atoms with Gasteiger partial charge in [-0.1, -0.05) is 36.4 Å². The molecular weight excluding hydrogens is 466 g/mol. The average Bonchev–Trinajstić information content (AvgIpc) is 3.24. The molecule has 1 aliphatic rings. The molecule has 1 unspecified atom stereocenters. The second-order valence-corrected chi connectivity index (χ2v) is 9.93. The molecule has 3 aromatic rings. The lowest BCUT2D eigenvalue weighted by molar-refractivity contribution is -0.122. The highest BCUT2D eigenvalue weighted by atomic mass is 32.2. The zero-order valence-electron chi connectivity index (χ0n) is 19.5. The molecule has 4 rings (SSSR count). The smallest absolute Gasteiger partial charge is 0.261 e. The topological polar surface area (TPSA) is 105 Å². The number of para-hydroxylation sites is 2. The zero-order valence-corrected chi connectivity index (χ0v) is 20.3. The largest absolute Gasteiger partial charge is 0.492 e. The molecule has 0 radical (unpaired) electrons. The Morgan fingerprint density at radius 1 is 1.06 bits per heavy atom. The van der Waals surface area contributed by atoms with Crippen LogP contribution in [0.2, 0.25) is 0 Å². The Morgan fingerprint density at radius 3 is 2.51 bits per heavy atom. The molecule has 9 heteroatoms. The highest BCUT2D eigenvalue weighted by Gasteiger charge is 2.36. The SMILES string of the molecule is CCOc1ccccc1N1CC(C(=O)Nc2ccc(C)c(NS(=O)(=O)c3ccccc3)c2)CC1=O. The first-order valence-corrected chi connectivity index (χ1v) is 12.8. The molecule has 1 saturated heterocycles. The summed E-state index contributed by atoms with van der Waals surface area (Å²) in [7, 11) is -3.78. The second-order valence-electron chi connectivity index (χ2n) is 8.24. The van der Waals surface area contributed by atoms with Crippen molar-refractivity contribution in [3.63, 3.8) is 0 Å². The van der Waals surface area contributed by atoms with E-state index in [-0.39, 0.29) is 29.7 Å². The first kappa shape index (κ1) is 24.3. The minimum Gasteiger partial charge on any atom is -0.492 e. The number of benzene rings is 3. The van der Waals surface area contributed by atoms with Crippen molar-refractivity contribution in [1.82, 2.24) is 0 Å². The van der Waals surface area contributed by atoms with Crippen LogP contribution >= 0.6 is 0 Å². The molecule has 1 atom stereocenters. The van der Waals surface area contributed by atoms with Gasteiger partial charge in [-0.2, -0.15) is 0 Å². The van der Waals surface area contributed by atoms with Crippen molar-refractivity contribution in [3.05, 3.63) is 78.4 Å². The minimum atomic E-state index is -3.78. The van der Waals surface area contributed by atoms with Crippen LogP contribution in [-0.4, -0.2) is 33.4 Å². The van der Waals surface area contributed by atoms with E-state index in [1.165, 1.54) is 12.1 Å². The third-order valence-corrected chi connectivity index (χ3v) is 7.14. The number of nitrogens with one attached hydrogen (secondary N) is 2. The lowest BCUT2D eigenvalue weighted by atomic mass is 10.1. The van der Waals surface area contributed by atoms with Gasteiger partial charge in [0, 0.05) is 18.7 Å². The molecule has 1 fully saturated rings. The predicted molar refractivity (Wildman–Crippen MR) is 135 cm³/mol. The van der Waals surface area contributed by atoms with E-state index in [9.17, 15) is 18.0 Å². The number of hydrogen-bond donors (Lipinski definition) is 2. The third kappa shape index (κ3) is 5.46. The fraction of sp³-hybridized carbons (Fsp3) is 0.231. The van der Waals surface area contributed by atoms with Gasteiger partial charge in [-0.25, -0.2) is 8.42 Å². The fourth-order valence-corrected chi connectivity index (χ4v) is 5.07. The molecule has 8 nitrogen and oxygen atoms in total. The van der Waals surface area contributed by atoms with E-state index in [0.29, 0.717) is 35.0 Å². The summed E-state index contributed by atoms with van der Waals surface area (Å²) in [4.78, 5) is 27.4. The van der Waals surface area contributed by atoms with Crippen molar-refractivity contribution >= 4 is 38.9 Å². The number of carbonyl (C=O) groups is 2. The average molecular weight is 494 g/mol. The molecule has 0 bridgehead atoms. The molecule has 0 aromatic heterocycles. The summed E-state index contributed by atoms with van der Waals surface area (Å²) in [6, 6.07) is 20.3. The van der Waals surface area contributed by atoms with Gasteiger partial charge in [0.05, 0.1) is 28.8 Å². The number of carbonyl (C=O) groups excluding carboxylic acids is 2. The highest BCUT2D eigenvalue weighted by molar-refractivity contribution is 7.92. The molecule has 182 valence electrons. The summed E-state index contributed by atoms with van der Waals surface area (Å²) in [5.74, 6) is -0.422. The van der Waals surface area contributed by atoms with Crippen LogP contribution < -0.4 is 19.7 Å². The van der Waals surface area contributed by atoms with E-state index < -0.39 is 15.9 Å². The summed E-state index contributed by atoms with van der Waals surface area (Å²) in [5, 5.41) is 2.83. The number of aryl methyl sites for hydroxylation is 1. The Hall–Kier alpha value is -3.85. The Morgan fingerprint density at radius 2 is 1.77 bits per heavy atom. The lowest BCUT2D eigenvalue weighted by Crippen LogP contribution is -2.28. The molecule has 0 aliphatic carbocycles. The highest BCUT2D eigenvalue weighted by Crippen LogP contribution is 2.33. The van der Waals surface area contributed by atoms with Crippen LogP contribution in [0.4, 0.5) is 17.1 Å². The predicted octanol–water partition coefficient (Wildman–Crippen LogP) is 4.19. The minimum absolute atomic E-state index is 0.0750. The lowest BCUT2D eigenvalue weighted by Gasteiger charge is -2.20. The van der Waals surface area contributed by atoms with Crippen molar-refractivity contribution in [2.45, 2.75) is 25.2 Å². The number of ether oxygens (including phenoxy) is 1. The quantitative estimate of drug-likeness (QED) is 0.490. The van der Waals surface area contributed by atoms with Gasteiger partial charge in [-0.05, 0) is 55.8 Å². The second kappa shape index (κ2) is 10.2. The first-order chi connectivity index (χ1) is 16.8. The van der Waals surface area contributed by atoms with Gasteiger partial charge in [-0.15, -0.1) is 0 Å². The summed E-state index contributed by atoms with van der Waals surface area (Å²) in [5.41, 5.74) is 2.15. The van der Waals surface area contributed by atoms with Gasteiger partial charge in [0.15, 0.2) is 0 Å². The molecular formula is C26H27N3O5S. The molecule has 3 aromatic carbocycles. The van der Waals surface area contributed by atoms with Gasteiger partial charge in [0.1, 0.15) is 5.75 Å². The Bertz CT molecular complexity index is 1340. The van der Waals surface area contributed by atoms with Gasteiger partial charge >= 0.3 is 0 Å². The van der Waals surface area contributed by atoms with E-state index in [1.807, 2.05) is 19.1 Å². The standard InChI is InChI=1S/C26H27N3O5S/c1-3-34-24-12-8-7-11-23(24)29-17-19(15-25(29)30)26(31)27-20-14-13-18(2)22(16-20)28-35(32,33)21-9-5-4-6-10-21/h4-14,16,19,28H,3,15,17H2,1-2H3,(H,27,31). The molecule has 1 aliphatic heterocycles. The third-order valence-electron chi connectivity index (χ3n) is 5.75. The van der Waals surface area contributed by atoms with E-state index in [2.05, 4.69) is 10.0 Å². The van der Waals surface area contributed by atoms with Gasteiger partial charge in [0.2, 0.25) is 11.8 Å². The molecule has 0 spiro atoms. The van der Waals surface area contributed by atoms with Crippen LogP contribution in [0, 0.1) is 12.8 Å². The maximum Gasteiger partial charge on any atom is 0.261 e. The number of sulfonamides is 1. The summed E-state index contributed by atoms with van der Waals surface area (Å²) in [6.45, 7) is 4.34. The van der Waals surface area contributed by atoms with Crippen LogP contribution in [0.3, 0.4) is 0 Å². The number of nitrogens with zero attached hydrogens (tertiary/aromatic N) is 1. The summed E-state index contributed by atoms with van der Waals surface area (Å²) < 4.78 is 33.7. The van der Waals surface area contributed by atoms with E-state index >= 15 is 0 Å². The molecule has 1 heterocycles. The Kier molecular flexibility index (Phi) is 7.07. The van der Waals surface area contributed by atoms with Crippen LogP contribution in [0.25, 0.3) is 0 Å². The van der Waals surface area contributed by atoms with Crippen molar-refractivity contribution in [1.29, 1.82) is 0 Å². The maximum absolute atomic E-state index is 13.0. The number of rotatable bonds is 8. The number of amides is 2. The Balaban J connectivity index is 1.48. The van der Waals surface area contributed by atoms with Gasteiger partial charge in [0.25, 0.3) is 10.0 Å². The molecule has 2 amide bonds. The molecule has 0 saturated carbocycles. The van der Waals surface area contributed by atoms with Gasteiger partial charge < -0.3 is 15.0 Å². The molecule has 2 N–H and O–H groups in total. The Labute approximate surface area is 205 Å². The van der Waals surface area contributed by atoms with Crippen molar-refractivity contribution in [2.24, 2.45) is 5.92 Å². The summed E-state index contributed by atoms with van der Waals surface area (Å²) in [6.07, 6.45) is 0.0750. The van der Waals surface area contributed by atoms with Crippen LogP contribution in [0.5, 0.6) is 5.75 Å². The first-order valence-electron chi connectivity index (χ1n) is 11.3. The van der Waals surface area contributed by atoms with E-state index in [0.717, 1.165) is 0 Å².